The van der Waals surface area contributed by atoms with E-state index in [9.17, 15) is 4.79 Å². The molecule has 110 valence electrons. The molecule has 4 atom stereocenters. The van der Waals surface area contributed by atoms with Gasteiger partial charge in [-0.15, -0.1) is 13.2 Å². The summed E-state index contributed by atoms with van der Waals surface area (Å²) < 4.78 is 0. The number of carbonyl (C=O) groups is 1. The smallest absolute Gasteiger partial charge is 0.222 e. The van der Waals surface area contributed by atoms with Crippen molar-refractivity contribution in [3.63, 3.8) is 0 Å². The molecule has 0 radical (unpaired) electrons. The maximum atomic E-state index is 12.2. The van der Waals surface area contributed by atoms with Crippen LogP contribution in [0.3, 0.4) is 0 Å². The van der Waals surface area contributed by atoms with E-state index in [1.54, 1.807) is 0 Å². The van der Waals surface area contributed by atoms with Crippen molar-refractivity contribution in [3.05, 3.63) is 25.3 Å². The topological polar surface area (TPSA) is 23.6 Å². The Kier molecular flexibility index (Phi) is 3.97. The third-order valence-corrected chi connectivity index (χ3v) is 5.44. The van der Waals surface area contributed by atoms with Crippen molar-refractivity contribution in [1.82, 2.24) is 9.80 Å². The predicted octanol–water partition coefficient (Wildman–Crippen LogP) is 2.45. The van der Waals surface area contributed by atoms with E-state index in [-0.39, 0.29) is 0 Å². The molecule has 0 bridgehead atoms. The van der Waals surface area contributed by atoms with Crippen LogP contribution in [-0.4, -0.2) is 47.4 Å². The molecule has 3 rings (SSSR count). The molecule has 0 spiro atoms. The predicted molar refractivity (Wildman–Crippen MR) is 81.3 cm³/mol. The normalized spacial score (nSPS) is 38.0. The molecule has 3 saturated heterocycles. The van der Waals surface area contributed by atoms with E-state index in [2.05, 4.69) is 29.0 Å². The van der Waals surface area contributed by atoms with Gasteiger partial charge in [-0.2, -0.15) is 0 Å². The molecule has 3 heterocycles. The highest BCUT2D eigenvalue weighted by atomic mass is 16.2. The van der Waals surface area contributed by atoms with Gasteiger partial charge in [0.15, 0.2) is 0 Å². The molecule has 0 aromatic heterocycles. The van der Waals surface area contributed by atoms with Gasteiger partial charge in [0, 0.05) is 37.5 Å². The van der Waals surface area contributed by atoms with Gasteiger partial charge >= 0.3 is 0 Å². The fourth-order valence-electron chi connectivity index (χ4n) is 4.67. The van der Waals surface area contributed by atoms with Gasteiger partial charge in [-0.25, -0.2) is 0 Å². The SMILES string of the molecule is C=CCN1CCC[C@H]2CN3C(=O)CCC[C@@H]3[C@@H](C=C)[C@@H]21. The van der Waals surface area contributed by atoms with Gasteiger partial charge in [-0.05, 0) is 38.1 Å². The molecule has 0 N–H and O–H groups in total. The van der Waals surface area contributed by atoms with E-state index in [1.807, 2.05) is 6.08 Å². The zero-order valence-corrected chi connectivity index (χ0v) is 12.3. The molecule has 0 saturated carbocycles. The summed E-state index contributed by atoms with van der Waals surface area (Å²) in [5.74, 6) is 1.41. The number of piperidine rings is 3. The highest BCUT2D eigenvalue weighted by Gasteiger charge is 2.47. The Morgan fingerprint density at radius 2 is 2.10 bits per heavy atom. The average Bonchev–Trinajstić information content (AvgIpc) is 2.46. The number of likely N-dealkylation sites (tertiary alicyclic amines) is 1. The Balaban J connectivity index is 1.88. The molecule has 3 aliphatic rings. The number of hydrogen-bond acceptors (Lipinski definition) is 2. The van der Waals surface area contributed by atoms with Crippen LogP contribution in [0.4, 0.5) is 0 Å². The van der Waals surface area contributed by atoms with Crippen LogP contribution in [0.5, 0.6) is 0 Å². The summed E-state index contributed by atoms with van der Waals surface area (Å²) in [6.07, 6.45) is 9.56. The summed E-state index contributed by atoms with van der Waals surface area (Å²) in [6, 6.07) is 0.951. The Morgan fingerprint density at radius 3 is 2.85 bits per heavy atom. The molecule has 3 heteroatoms. The van der Waals surface area contributed by atoms with Crippen molar-refractivity contribution in [2.45, 2.75) is 44.2 Å². The number of fused-ring (bicyclic) bond motifs is 2. The molecule has 3 fully saturated rings. The van der Waals surface area contributed by atoms with E-state index in [0.29, 0.717) is 29.8 Å². The Morgan fingerprint density at radius 1 is 1.25 bits per heavy atom. The largest absolute Gasteiger partial charge is 0.339 e. The minimum absolute atomic E-state index is 0.368. The second-order valence-electron chi connectivity index (χ2n) is 6.50. The van der Waals surface area contributed by atoms with Crippen LogP contribution >= 0.6 is 0 Å². The monoisotopic (exact) mass is 274 g/mol. The van der Waals surface area contributed by atoms with Crippen molar-refractivity contribution < 1.29 is 4.79 Å². The molecule has 0 aromatic carbocycles. The minimum Gasteiger partial charge on any atom is -0.339 e. The minimum atomic E-state index is 0.368. The molecule has 0 aromatic rings. The molecule has 20 heavy (non-hydrogen) atoms. The van der Waals surface area contributed by atoms with E-state index < -0.39 is 0 Å². The fourth-order valence-corrected chi connectivity index (χ4v) is 4.67. The first-order valence-electron chi connectivity index (χ1n) is 8.03. The lowest BCUT2D eigenvalue weighted by atomic mass is 9.71. The standard InChI is InChI=1S/C17H26N2O/c1-3-10-18-11-6-7-13-12-19-15(8-5-9-16(19)20)14(4-2)17(13)18/h3-4,13-15,17H,1-2,5-12H2/t13-,14+,15+,17+/m0/s1. The molecule has 0 unspecified atom stereocenters. The lowest BCUT2D eigenvalue weighted by Crippen LogP contribution is -2.64. The van der Waals surface area contributed by atoms with Crippen LogP contribution in [0.25, 0.3) is 0 Å². The van der Waals surface area contributed by atoms with Gasteiger partial charge in [0.2, 0.25) is 5.91 Å². The Labute approximate surface area is 122 Å². The molecule has 0 aliphatic carbocycles. The number of amides is 1. The Hall–Kier alpha value is -1.09. The van der Waals surface area contributed by atoms with Crippen LogP contribution in [0.2, 0.25) is 0 Å². The highest BCUT2D eigenvalue weighted by molar-refractivity contribution is 5.77. The number of hydrogen-bond donors (Lipinski definition) is 0. The first-order chi connectivity index (χ1) is 9.76. The fraction of sp³-hybridized carbons (Fsp3) is 0.706. The molecule has 1 amide bonds. The van der Waals surface area contributed by atoms with Crippen molar-refractivity contribution in [2.24, 2.45) is 11.8 Å². The van der Waals surface area contributed by atoms with E-state index in [4.69, 9.17) is 0 Å². The van der Waals surface area contributed by atoms with Crippen molar-refractivity contribution in [2.75, 3.05) is 19.6 Å². The Bertz CT molecular complexity index is 406. The van der Waals surface area contributed by atoms with Gasteiger partial charge in [0.25, 0.3) is 0 Å². The van der Waals surface area contributed by atoms with Crippen LogP contribution in [0.1, 0.15) is 32.1 Å². The summed E-state index contributed by atoms with van der Waals surface area (Å²) in [6.45, 7) is 11.1. The van der Waals surface area contributed by atoms with Gasteiger partial charge in [-0.1, -0.05) is 12.2 Å². The van der Waals surface area contributed by atoms with E-state index >= 15 is 0 Å². The molecular weight excluding hydrogens is 248 g/mol. The number of nitrogens with zero attached hydrogens (tertiary/aromatic N) is 2. The van der Waals surface area contributed by atoms with Crippen molar-refractivity contribution in [1.29, 1.82) is 0 Å². The van der Waals surface area contributed by atoms with E-state index in [0.717, 1.165) is 38.9 Å². The first kappa shape index (κ1) is 13.9. The quantitative estimate of drug-likeness (QED) is 0.738. The molecular formula is C17H26N2O. The maximum absolute atomic E-state index is 12.2. The second-order valence-corrected chi connectivity index (χ2v) is 6.50. The molecule has 3 nitrogen and oxygen atoms in total. The van der Waals surface area contributed by atoms with Gasteiger partial charge < -0.3 is 4.90 Å². The lowest BCUT2D eigenvalue weighted by molar-refractivity contribution is -0.145. The summed E-state index contributed by atoms with van der Waals surface area (Å²) in [4.78, 5) is 17.0. The van der Waals surface area contributed by atoms with E-state index in [1.165, 1.54) is 12.8 Å². The summed E-state index contributed by atoms with van der Waals surface area (Å²) in [5.41, 5.74) is 0. The van der Waals surface area contributed by atoms with Crippen LogP contribution in [0, 0.1) is 11.8 Å². The maximum Gasteiger partial charge on any atom is 0.222 e. The lowest BCUT2D eigenvalue weighted by Gasteiger charge is -2.55. The van der Waals surface area contributed by atoms with Crippen molar-refractivity contribution in [3.8, 4) is 0 Å². The number of rotatable bonds is 3. The summed E-state index contributed by atoms with van der Waals surface area (Å²) in [5, 5.41) is 0. The van der Waals surface area contributed by atoms with Crippen LogP contribution in [-0.2, 0) is 4.79 Å². The van der Waals surface area contributed by atoms with Crippen LogP contribution in [0.15, 0.2) is 25.3 Å². The summed E-state index contributed by atoms with van der Waals surface area (Å²) >= 11 is 0. The zero-order valence-electron chi connectivity index (χ0n) is 12.3. The second kappa shape index (κ2) is 5.72. The third kappa shape index (κ3) is 2.22. The van der Waals surface area contributed by atoms with Gasteiger partial charge in [0.05, 0.1) is 0 Å². The van der Waals surface area contributed by atoms with Gasteiger partial charge in [0.1, 0.15) is 0 Å². The van der Waals surface area contributed by atoms with Crippen molar-refractivity contribution >= 4 is 5.91 Å². The highest BCUT2D eigenvalue weighted by Crippen LogP contribution is 2.41. The molecule has 3 aliphatic heterocycles. The first-order valence-corrected chi connectivity index (χ1v) is 8.03. The van der Waals surface area contributed by atoms with Gasteiger partial charge in [-0.3, -0.25) is 9.69 Å². The number of carbonyl (C=O) groups excluding carboxylic acids is 1. The average molecular weight is 274 g/mol. The zero-order chi connectivity index (χ0) is 14.1. The third-order valence-electron chi connectivity index (χ3n) is 5.44. The van der Waals surface area contributed by atoms with Crippen LogP contribution < -0.4 is 0 Å². The summed E-state index contributed by atoms with van der Waals surface area (Å²) in [7, 11) is 0.